The third-order valence-electron chi connectivity index (χ3n) is 5.23. The molecule has 0 atom stereocenters. The molecule has 9 heteroatoms. The van der Waals surface area contributed by atoms with Crippen LogP contribution in [-0.2, 0) is 5.67 Å². The number of urea groups is 1. The molecular formula is C24H26FN7O. The molecule has 2 aromatic heterocycles. The Morgan fingerprint density at radius 2 is 1.76 bits per heavy atom. The second-order valence-corrected chi connectivity index (χ2v) is 8.55. The van der Waals surface area contributed by atoms with Crippen LogP contribution >= 0.6 is 0 Å². The van der Waals surface area contributed by atoms with E-state index in [-0.39, 0.29) is 6.04 Å². The summed E-state index contributed by atoms with van der Waals surface area (Å²) >= 11 is 0. The molecule has 170 valence electrons. The van der Waals surface area contributed by atoms with Gasteiger partial charge in [0.1, 0.15) is 23.5 Å². The number of carbonyl (C=O) groups excluding carboxylic acids is 1. The molecule has 2 heterocycles. The Morgan fingerprint density at radius 3 is 2.42 bits per heavy atom. The molecule has 4 N–H and O–H groups in total. The zero-order valence-electron chi connectivity index (χ0n) is 18.9. The normalized spacial score (nSPS) is 11.7. The molecule has 33 heavy (non-hydrogen) atoms. The first-order valence-electron chi connectivity index (χ1n) is 10.6. The standard InChI is InChI=1S/C24H26FN7O/c1-14(2)32-22-19(21(26)27-13-28-22)20(31-32)15-8-10-17(11-9-15)29-23(33)30-18-7-5-6-16(12-18)24(3,4)25/h5-14H,1-4H3,(H2,26,27,28)(H2,29,30,33). The van der Waals surface area contributed by atoms with Crippen LogP contribution in [0, 0.1) is 0 Å². The molecule has 0 bridgehead atoms. The molecule has 4 rings (SSSR count). The molecule has 0 aliphatic carbocycles. The predicted octanol–water partition coefficient (Wildman–Crippen LogP) is 5.51. The lowest BCUT2D eigenvalue weighted by atomic mass is 10.00. The molecule has 2 amide bonds. The molecule has 0 saturated carbocycles. The first kappa shape index (κ1) is 22.2. The lowest BCUT2D eigenvalue weighted by Crippen LogP contribution is -2.20. The van der Waals surface area contributed by atoms with Gasteiger partial charge in [0.15, 0.2) is 5.65 Å². The SMILES string of the molecule is CC(C)n1nc(-c2ccc(NC(=O)Nc3cccc(C(C)(C)F)c3)cc2)c2c(N)ncnc21. The van der Waals surface area contributed by atoms with E-state index < -0.39 is 11.7 Å². The van der Waals surface area contributed by atoms with Crippen molar-refractivity contribution in [2.75, 3.05) is 16.4 Å². The summed E-state index contributed by atoms with van der Waals surface area (Å²) in [6.07, 6.45) is 1.43. The van der Waals surface area contributed by atoms with Crippen LogP contribution in [0.2, 0.25) is 0 Å². The summed E-state index contributed by atoms with van der Waals surface area (Å²) in [6.45, 7) is 6.98. The van der Waals surface area contributed by atoms with Crippen molar-refractivity contribution in [2.24, 2.45) is 0 Å². The van der Waals surface area contributed by atoms with Crippen molar-refractivity contribution < 1.29 is 9.18 Å². The minimum Gasteiger partial charge on any atom is -0.383 e. The van der Waals surface area contributed by atoms with Gasteiger partial charge in [0.2, 0.25) is 0 Å². The molecular weight excluding hydrogens is 421 g/mol. The fourth-order valence-electron chi connectivity index (χ4n) is 3.53. The highest BCUT2D eigenvalue weighted by Crippen LogP contribution is 2.32. The first-order valence-corrected chi connectivity index (χ1v) is 10.6. The Bertz CT molecular complexity index is 1310. The van der Waals surface area contributed by atoms with Gasteiger partial charge >= 0.3 is 6.03 Å². The van der Waals surface area contributed by atoms with Gasteiger partial charge in [-0.25, -0.2) is 23.8 Å². The number of anilines is 3. The van der Waals surface area contributed by atoms with Gasteiger partial charge in [-0.3, -0.25) is 0 Å². The number of aromatic nitrogens is 4. The Kier molecular flexibility index (Phi) is 5.71. The average Bonchev–Trinajstić information content (AvgIpc) is 3.15. The molecule has 0 fully saturated rings. The van der Waals surface area contributed by atoms with Crippen molar-refractivity contribution in [3.63, 3.8) is 0 Å². The summed E-state index contributed by atoms with van der Waals surface area (Å²) in [7, 11) is 0. The number of fused-ring (bicyclic) bond motifs is 1. The quantitative estimate of drug-likeness (QED) is 0.374. The van der Waals surface area contributed by atoms with Gasteiger partial charge in [-0.2, -0.15) is 5.10 Å². The van der Waals surface area contributed by atoms with E-state index in [0.717, 1.165) is 5.56 Å². The highest BCUT2D eigenvalue weighted by atomic mass is 19.1. The number of alkyl halides is 1. The number of halogens is 1. The second kappa shape index (κ2) is 8.50. The minimum absolute atomic E-state index is 0.0988. The maximum absolute atomic E-state index is 14.2. The number of nitrogens with one attached hydrogen (secondary N) is 2. The molecule has 0 saturated heterocycles. The van der Waals surface area contributed by atoms with Gasteiger partial charge in [-0.1, -0.05) is 24.3 Å². The Hall–Kier alpha value is -4.01. The second-order valence-electron chi connectivity index (χ2n) is 8.55. The van der Waals surface area contributed by atoms with E-state index >= 15 is 0 Å². The van der Waals surface area contributed by atoms with Crippen LogP contribution in [0.3, 0.4) is 0 Å². The fourth-order valence-corrected chi connectivity index (χ4v) is 3.53. The van der Waals surface area contributed by atoms with E-state index in [2.05, 4.69) is 20.6 Å². The summed E-state index contributed by atoms with van der Waals surface area (Å²) in [4.78, 5) is 20.9. The van der Waals surface area contributed by atoms with E-state index in [9.17, 15) is 9.18 Å². The molecule has 0 aliphatic rings. The number of carbonyl (C=O) groups is 1. The summed E-state index contributed by atoms with van der Waals surface area (Å²) in [6, 6.07) is 13.6. The Labute approximate surface area is 191 Å². The van der Waals surface area contributed by atoms with Crippen LogP contribution in [0.4, 0.5) is 26.4 Å². The maximum Gasteiger partial charge on any atom is 0.323 e. The molecule has 0 spiro atoms. The van der Waals surface area contributed by atoms with Gasteiger partial charge in [-0.15, -0.1) is 0 Å². The average molecular weight is 448 g/mol. The highest BCUT2D eigenvalue weighted by Gasteiger charge is 2.20. The molecule has 8 nitrogen and oxygen atoms in total. The molecule has 4 aromatic rings. The summed E-state index contributed by atoms with van der Waals surface area (Å²) in [5.41, 5.74) is 8.39. The third kappa shape index (κ3) is 4.62. The van der Waals surface area contributed by atoms with Crippen LogP contribution in [0.5, 0.6) is 0 Å². The molecule has 0 radical (unpaired) electrons. The van der Waals surface area contributed by atoms with Crippen molar-refractivity contribution in [3.8, 4) is 11.3 Å². The van der Waals surface area contributed by atoms with E-state index in [1.807, 2.05) is 30.7 Å². The Balaban J connectivity index is 1.54. The monoisotopic (exact) mass is 447 g/mol. The maximum atomic E-state index is 14.2. The number of amides is 2. The van der Waals surface area contributed by atoms with E-state index in [1.165, 1.54) is 20.2 Å². The summed E-state index contributed by atoms with van der Waals surface area (Å²) in [5, 5.41) is 10.9. The van der Waals surface area contributed by atoms with Crippen LogP contribution in [-0.4, -0.2) is 25.8 Å². The van der Waals surface area contributed by atoms with E-state index in [4.69, 9.17) is 10.8 Å². The summed E-state index contributed by atoms with van der Waals surface area (Å²) < 4.78 is 16.0. The van der Waals surface area contributed by atoms with Crippen molar-refractivity contribution in [3.05, 3.63) is 60.4 Å². The number of hydrogen-bond acceptors (Lipinski definition) is 5. The molecule has 0 aliphatic heterocycles. The summed E-state index contributed by atoms with van der Waals surface area (Å²) in [5.74, 6) is 0.363. The number of nitrogens with two attached hydrogens (primary N) is 1. The third-order valence-corrected chi connectivity index (χ3v) is 5.23. The van der Waals surface area contributed by atoms with Gasteiger partial charge in [0.05, 0.1) is 5.39 Å². The van der Waals surface area contributed by atoms with Crippen molar-refractivity contribution in [1.29, 1.82) is 0 Å². The van der Waals surface area contributed by atoms with Crippen LogP contribution in [0.15, 0.2) is 54.9 Å². The smallest absolute Gasteiger partial charge is 0.323 e. The van der Waals surface area contributed by atoms with Crippen molar-refractivity contribution >= 4 is 34.3 Å². The van der Waals surface area contributed by atoms with Crippen molar-refractivity contribution in [2.45, 2.75) is 39.4 Å². The van der Waals surface area contributed by atoms with E-state index in [0.29, 0.717) is 39.5 Å². The number of rotatable bonds is 5. The van der Waals surface area contributed by atoms with Crippen molar-refractivity contribution in [1.82, 2.24) is 19.7 Å². The van der Waals surface area contributed by atoms with Crippen LogP contribution in [0.25, 0.3) is 22.3 Å². The lowest BCUT2D eigenvalue weighted by Gasteiger charge is -2.16. The lowest BCUT2D eigenvalue weighted by molar-refractivity contribution is 0.221. The van der Waals surface area contributed by atoms with Gasteiger partial charge < -0.3 is 16.4 Å². The van der Waals surface area contributed by atoms with Crippen LogP contribution < -0.4 is 16.4 Å². The van der Waals surface area contributed by atoms with Gasteiger partial charge in [0.25, 0.3) is 0 Å². The number of nitrogens with zero attached hydrogens (tertiary/aromatic N) is 4. The molecule has 0 unspecified atom stereocenters. The van der Waals surface area contributed by atoms with E-state index in [1.54, 1.807) is 36.4 Å². The van der Waals surface area contributed by atoms with Crippen LogP contribution in [0.1, 0.15) is 39.3 Å². The topological polar surface area (TPSA) is 111 Å². The number of hydrogen-bond donors (Lipinski definition) is 3. The van der Waals surface area contributed by atoms with Gasteiger partial charge in [-0.05, 0) is 57.5 Å². The Morgan fingerprint density at radius 1 is 1.06 bits per heavy atom. The predicted molar refractivity (Wildman–Crippen MR) is 129 cm³/mol. The fraction of sp³-hybridized carbons (Fsp3) is 0.250. The zero-order chi connectivity index (χ0) is 23.8. The largest absolute Gasteiger partial charge is 0.383 e. The zero-order valence-corrected chi connectivity index (χ0v) is 18.9. The van der Waals surface area contributed by atoms with Gasteiger partial charge in [0, 0.05) is 23.0 Å². The molecule has 2 aromatic carbocycles. The minimum atomic E-state index is -1.49. The number of nitrogen functional groups attached to an aromatic ring is 1. The first-order chi connectivity index (χ1) is 15.6. The highest BCUT2D eigenvalue weighted by molar-refractivity contribution is 6.01. The number of benzene rings is 2.